The molecule has 0 saturated carbocycles. The molecule has 0 aliphatic rings. The first-order chi connectivity index (χ1) is 6.11. The van der Waals surface area contributed by atoms with Gasteiger partial charge in [0.25, 0.3) is 0 Å². The summed E-state index contributed by atoms with van der Waals surface area (Å²) in [6, 6.07) is 7.28. The van der Waals surface area contributed by atoms with Crippen molar-refractivity contribution < 1.29 is 9.53 Å². The topological polar surface area (TPSA) is 26.3 Å². The highest BCUT2D eigenvalue weighted by Gasteiger charge is 2.09. The molecule has 0 bridgehead atoms. The van der Waals surface area contributed by atoms with Gasteiger partial charge in [-0.2, -0.15) is 0 Å². The summed E-state index contributed by atoms with van der Waals surface area (Å²) in [5, 5.41) is 0. The second kappa shape index (κ2) is 4.60. The minimum Gasteiger partial charge on any atom is -0.490 e. The molecule has 0 N–H and O–H groups in total. The van der Waals surface area contributed by atoms with Crippen molar-refractivity contribution in [2.24, 2.45) is 0 Å². The summed E-state index contributed by atoms with van der Waals surface area (Å²) in [5.41, 5.74) is 0.636. The summed E-state index contributed by atoms with van der Waals surface area (Å²) in [6.07, 6.45) is 0.0944. The van der Waals surface area contributed by atoms with Gasteiger partial charge in [0.2, 0.25) is 3.79 Å². The number of rotatable bonds is 3. The van der Waals surface area contributed by atoms with Crippen molar-refractivity contribution in [1.29, 1.82) is 0 Å². The molecule has 3 heteroatoms. The van der Waals surface area contributed by atoms with Gasteiger partial charge in [-0.25, -0.2) is 0 Å². The fourth-order valence-corrected chi connectivity index (χ4v) is 1.43. The lowest BCUT2D eigenvalue weighted by Gasteiger charge is -2.11. The summed E-state index contributed by atoms with van der Waals surface area (Å²) in [6.45, 7) is 3.88. The molecule has 1 aromatic carbocycles. The zero-order valence-electron chi connectivity index (χ0n) is 7.58. The molecule has 0 unspecified atom stereocenters. The molecule has 1 rings (SSSR count). The second-order valence-electron chi connectivity index (χ2n) is 2.94. The first kappa shape index (κ1) is 10.5. The standard InChI is InChI=1S/C10H11IO2/c1-7(2)13-9-6-4-3-5-8(9)10(11)12/h3-7H,1-2H3. The first-order valence-corrected chi connectivity index (χ1v) is 5.14. The van der Waals surface area contributed by atoms with Crippen molar-refractivity contribution in [1.82, 2.24) is 0 Å². The number of halogens is 1. The zero-order valence-corrected chi connectivity index (χ0v) is 9.74. The van der Waals surface area contributed by atoms with Gasteiger partial charge in [0.05, 0.1) is 11.7 Å². The van der Waals surface area contributed by atoms with Gasteiger partial charge in [0.1, 0.15) is 5.75 Å². The Morgan fingerprint density at radius 2 is 2.00 bits per heavy atom. The average Bonchev–Trinajstić information content (AvgIpc) is 2.03. The predicted octanol–water partition coefficient (Wildman–Crippen LogP) is 3.05. The van der Waals surface area contributed by atoms with Crippen molar-refractivity contribution in [3.8, 4) is 5.75 Å². The molecule has 0 aliphatic carbocycles. The average molecular weight is 290 g/mol. The third-order valence-electron chi connectivity index (χ3n) is 1.46. The van der Waals surface area contributed by atoms with Crippen LogP contribution in [0.15, 0.2) is 24.3 Å². The Morgan fingerprint density at radius 3 is 2.54 bits per heavy atom. The smallest absolute Gasteiger partial charge is 0.226 e. The largest absolute Gasteiger partial charge is 0.490 e. The van der Waals surface area contributed by atoms with Crippen LogP contribution in [0.25, 0.3) is 0 Å². The third-order valence-corrected chi connectivity index (χ3v) is 2.04. The Morgan fingerprint density at radius 1 is 1.38 bits per heavy atom. The van der Waals surface area contributed by atoms with E-state index in [9.17, 15) is 4.79 Å². The number of para-hydroxylation sites is 1. The molecular weight excluding hydrogens is 279 g/mol. The van der Waals surface area contributed by atoms with E-state index in [1.54, 1.807) is 28.7 Å². The molecule has 13 heavy (non-hydrogen) atoms. The predicted molar refractivity (Wildman–Crippen MR) is 60.6 cm³/mol. The van der Waals surface area contributed by atoms with E-state index in [0.717, 1.165) is 0 Å². The van der Waals surface area contributed by atoms with E-state index >= 15 is 0 Å². The molecule has 0 aromatic heterocycles. The van der Waals surface area contributed by atoms with Gasteiger partial charge < -0.3 is 4.74 Å². The van der Waals surface area contributed by atoms with Gasteiger partial charge in [0, 0.05) is 22.6 Å². The molecule has 0 saturated heterocycles. The van der Waals surface area contributed by atoms with Gasteiger partial charge in [-0.3, -0.25) is 4.79 Å². The molecular formula is C10H11IO2. The van der Waals surface area contributed by atoms with E-state index in [-0.39, 0.29) is 9.89 Å². The lowest BCUT2D eigenvalue weighted by atomic mass is 10.2. The molecule has 0 heterocycles. The summed E-state index contributed by atoms with van der Waals surface area (Å²) in [5.74, 6) is 0.664. The van der Waals surface area contributed by atoms with E-state index in [1.807, 2.05) is 32.0 Å². The zero-order chi connectivity index (χ0) is 9.84. The molecule has 0 amide bonds. The van der Waals surface area contributed by atoms with Crippen molar-refractivity contribution in [3.63, 3.8) is 0 Å². The van der Waals surface area contributed by atoms with Gasteiger partial charge in [-0.05, 0) is 26.0 Å². The Hall–Kier alpha value is -0.580. The molecule has 2 nitrogen and oxygen atoms in total. The minimum atomic E-state index is 0.00819. The highest BCUT2D eigenvalue weighted by molar-refractivity contribution is 14.1. The molecule has 0 atom stereocenters. The highest BCUT2D eigenvalue weighted by atomic mass is 127. The maximum absolute atomic E-state index is 11.2. The maximum atomic E-state index is 11.2. The van der Waals surface area contributed by atoms with Crippen molar-refractivity contribution in [3.05, 3.63) is 29.8 Å². The lowest BCUT2D eigenvalue weighted by molar-refractivity contribution is 0.110. The van der Waals surface area contributed by atoms with E-state index < -0.39 is 0 Å². The van der Waals surface area contributed by atoms with Crippen molar-refractivity contribution >= 4 is 26.4 Å². The molecule has 0 fully saturated rings. The minimum absolute atomic E-state index is 0.00819. The van der Waals surface area contributed by atoms with Crippen LogP contribution in [0.2, 0.25) is 0 Å². The van der Waals surface area contributed by atoms with Crippen molar-refractivity contribution in [2.45, 2.75) is 20.0 Å². The van der Waals surface area contributed by atoms with E-state index in [0.29, 0.717) is 11.3 Å². The Balaban J connectivity index is 2.98. The first-order valence-electron chi connectivity index (χ1n) is 4.06. The van der Waals surface area contributed by atoms with Crippen LogP contribution in [0.5, 0.6) is 5.75 Å². The number of hydrogen-bond acceptors (Lipinski definition) is 2. The number of carbonyl (C=O) groups excluding carboxylic acids is 1. The van der Waals surface area contributed by atoms with E-state index in [1.165, 1.54) is 0 Å². The van der Waals surface area contributed by atoms with Crippen LogP contribution in [0.4, 0.5) is 0 Å². The second-order valence-corrected chi connectivity index (χ2v) is 3.92. The van der Waals surface area contributed by atoms with Gasteiger partial charge in [0.15, 0.2) is 0 Å². The Bertz CT molecular complexity index is 308. The number of ether oxygens (including phenoxy) is 1. The van der Waals surface area contributed by atoms with Crippen LogP contribution in [0, 0.1) is 0 Å². The number of benzene rings is 1. The van der Waals surface area contributed by atoms with E-state index in [2.05, 4.69) is 0 Å². The monoisotopic (exact) mass is 290 g/mol. The normalized spacial score (nSPS) is 10.2. The summed E-state index contributed by atoms with van der Waals surface area (Å²) in [7, 11) is 0. The third kappa shape index (κ3) is 2.99. The quantitative estimate of drug-likeness (QED) is 0.631. The highest BCUT2D eigenvalue weighted by Crippen LogP contribution is 2.21. The van der Waals surface area contributed by atoms with Crippen molar-refractivity contribution in [2.75, 3.05) is 0 Å². The SMILES string of the molecule is CC(C)Oc1ccccc1C(=O)I. The van der Waals surface area contributed by atoms with Crippen LogP contribution in [-0.4, -0.2) is 9.89 Å². The van der Waals surface area contributed by atoms with Crippen LogP contribution < -0.4 is 4.74 Å². The molecule has 1 aromatic rings. The molecule has 0 aliphatic heterocycles. The van der Waals surface area contributed by atoms with Crippen LogP contribution in [0.3, 0.4) is 0 Å². The van der Waals surface area contributed by atoms with Crippen LogP contribution >= 0.6 is 22.6 Å². The fraction of sp³-hybridized carbons (Fsp3) is 0.300. The summed E-state index contributed by atoms with van der Waals surface area (Å²) < 4.78 is 5.49. The summed E-state index contributed by atoms with van der Waals surface area (Å²) >= 11 is 1.76. The molecule has 0 spiro atoms. The van der Waals surface area contributed by atoms with E-state index in [4.69, 9.17) is 4.74 Å². The fourth-order valence-electron chi connectivity index (χ4n) is 0.986. The summed E-state index contributed by atoms with van der Waals surface area (Å²) in [4.78, 5) is 11.2. The van der Waals surface area contributed by atoms with Gasteiger partial charge in [-0.1, -0.05) is 12.1 Å². The van der Waals surface area contributed by atoms with Gasteiger partial charge >= 0.3 is 0 Å². The molecule has 70 valence electrons. The molecule has 0 radical (unpaired) electrons. The van der Waals surface area contributed by atoms with Crippen LogP contribution in [0.1, 0.15) is 24.2 Å². The number of hydrogen-bond donors (Lipinski definition) is 0. The lowest BCUT2D eigenvalue weighted by Crippen LogP contribution is -2.08. The number of carbonyl (C=O) groups is 1. The van der Waals surface area contributed by atoms with Crippen LogP contribution in [-0.2, 0) is 0 Å². The maximum Gasteiger partial charge on any atom is 0.226 e. The Labute approximate surface area is 91.4 Å². The Kier molecular flexibility index (Phi) is 3.71. The van der Waals surface area contributed by atoms with Gasteiger partial charge in [-0.15, -0.1) is 0 Å².